The molecule has 1 N–H and O–H groups in total. The van der Waals surface area contributed by atoms with Crippen molar-refractivity contribution in [2.24, 2.45) is 5.41 Å². The van der Waals surface area contributed by atoms with Crippen molar-refractivity contribution in [3.05, 3.63) is 0 Å². The number of carboxylic acid groups (broad SMARTS) is 1. The fourth-order valence-electron chi connectivity index (χ4n) is 1.42. The van der Waals surface area contributed by atoms with E-state index < -0.39 is 5.97 Å². The highest BCUT2D eigenvalue weighted by Gasteiger charge is 2.18. The number of hydrogen-bond acceptors (Lipinski definition) is 1. The predicted octanol–water partition coefficient (Wildman–Crippen LogP) is 3.46. The molecule has 0 aromatic carbocycles. The summed E-state index contributed by atoms with van der Waals surface area (Å²) in [5, 5.41) is 8.55. The fourth-order valence-corrected chi connectivity index (χ4v) is 1.42. The first-order valence-corrected chi connectivity index (χ1v) is 5.20. The zero-order valence-corrected chi connectivity index (χ0v) is 9.10. The van der Waals surface area contributed by atoms with Gasteiger partial charge in [0.2, 0.25) is 0 Å². The molecular formula is C11H22O2. The standard InChI is InChI=1S/C11H22O2/c1-4-5-6-8-11(2,3)9-7-10(12)13/h4-9H2,1-3H3,(H,12,13). The molecule has 0 saturated heterocycles. The van der Waals surface area contributed by atoms with Crippen LogP contribution in [-0.2, 0) is 4.79 Å². The molecule has 0 fully saturated rings. The van der Waals surface area contributed by atoms with E-state index in [9.17, 15) is 4.79 Å². The Morgan fingerprint density at radius 2 is 1.85 bits per heavy atom. The van der Waals surface area contributed by atoms with Crippen molar-refractivity contribution in [3.8, 4) is 0 Å². The van der Waals surface area contributed by atoms with Gasteiger partial charge in [0.1, 0.15) is 0 Å². The second kappa shape index (κ2) is 6.01. The molecule has 13 heavy (non-hydrogen) atoms. The minimum Gasteiger partial charge on any atom is -0.481 e. The zero-order valence-electron chi connectivity index (χ0n) is 9.10. The van der Waals surface area contributed by atoms with Gasteiger partial charge >= 0.3 is 5.97 Å². The molecule has 0 bridgehead atoms. The van der Waals surface area contributed by atoms with Gasteiger partial charge < -0.3 is 5.11 Å². The van der Waals surface area contributed by atoms with Gasteiger partial charge in [0.15, 0.2) is 0 Å². The predicted molar refractivity (Wildman–Crippen MR) is 54.8 cm³/mol. The highest BCUT2D eigenvalue weighted by atomic mass is 16.4. The average molecular weight is 186 g/mol. The molecule has 0 heterocycles. The number of carbonyl (C=O) groups is 1. The lowest BCUT2D eigenvalue weighted by Crippen LogP contribution is -2.13. The van der Waals surface area contributed by atoms with E-state index in [4.69, 9.17) is 5.11 Å². The molecular weight excluding hydrogens is 164 g/mol. The molecule has 0 aromatic heterocycles. The Morgan fingerprint density at radius 1 is 1.23 bits per heavy atom. The van der Waals surface area contributed by atoms with Crippen LogP contribution in [0.3, 0.4) is 0 Å². The summed E-state index contributed by atoms with van der Waals surface area (Å²) < 4.78 is 0. The third-order valence-electron chi connectivity index (χ3n) is 2.47. The van der Waals surface area contributed by atoms with E-state index in [0.717, 1.165) is 12.8 Å². The first-order chi connectivity index (χ1) is 5.98. The van der Waals surface area contributed by atoms with Gasteiger partial charge in [-0.2, -0.15) is 0 Å². The molecule has 0 saturated carbocycles. The molecule has 0 aliphatic carbocycles. The van der Waals surface area contributed by atoms with Crippen molar-refractivity contribution in [2.75, 3.05) is 0 Å². The number of carboxylic acids is 1. The second-order valence-corrected chi connectivity index (χ2v) is 4.52. The van der Waals surface area contributed by atoms with Crippen LogP contribution in [0.25, 0.3) is 0 Å². The van der Waals surface area contributed by atoms with Crippen molar-refractivity contribution in [3.63, 3.8) is 0 Å². The molecule has 0 radical (unpaired) electrons. The van der Waals surface area contributed by atoms with Crippen LogP contribution >= 0.6 is 0 Å². The van der Waals surface area contributed by atoms with E-state index in [1.54, 1.807) is 0 Å². The fraction of sp³-hybridized carbons (Fsp3) is 0.909. The van der Waals surface area contributed by atoms with Crippen LogP contribution in [0, 0.1) is 5.41 Å². The van der Waals surface area contributed by atoms with E-state index in [0.29, 0.717) is 6.42 Å². The van der Waals surface area contributed by atoms with Crippen LogP contribution in [0.1, 0.15) is 59.3 Å². The smallest absolute Gasteiger partial charge is 0.303 e. The summed E-state index contributed by atoms with van der Waals surface area (Å²) in [6, 6.07) is 0. The number of hydrogen-bond donors (Lipinski definition) is 1. The third kappa shape index (κ3) is 7.82. The number of unbranched alkanes of at least 4 members (excludes halogenated alkanes) is 2. The van der Waals surface area contributed by atoms with Gasteiger partial charge in [-0.05, 0) is 18.3 Å². The number of rotatable bonds is 7. The highest BCUT2D eigenvalue weighted by Crippen LogP contribution is 2.28. The van der Waals surface area contributed by atoms with Crippen LogP contribution < -0.4 is 0 Å². The van der Waals surface area contributed by atoms with E-state index in [1.165, 1.54) is 19.3 Å². The van der Waals surface area contributed by atoms with E-state index in [1.807, 2.05) is 0 Å². The van der Waals surface area contributed by atoms with Gasteiger partial charge in [-0.15, -0.1) is 0 Å². The molecule has 0 aliphatic heterocycles. The summed E-state index contributed by atoms with van der Waals surface area (Å²) in [4.78, 5) is 10.4. The van der Waals surface area contributed by atoms with Crippen molar-refractivity contribution < 1.29 is 9.90 Å². The maximum atomic E-state index is 10.4. The normalized spacial score (nSPS) is 11.6. The molecule has 2 heteroatoms. The van der Waals surface area contributed by atoms with Crippen LogP contribution in [0.15, 0.2) is 0 Å². The summed E-state index contributed by atoms with van der Waals surface area (Å²) >= 11 is 0. The molecule has 0 unspecified atom stereocenters. The van der Waals surface area contributed by atoms with Gasteiger partial charge in [-0.25, -0.2) is 0 Å². The SMILES string of the molecule is CCCCCC(C)(C)CCC(=O)O. The highest BCUT2D eigenvalue weighted by molar-refractivity contribution is 5.66. The Morgan fingerprint density at radius 3 is 2.31 bits per heavy atom. The maximum absolute atomic E-state index is 10.4. The van der Waals surface area contributed by atoms with Crippen molar-refractivity contribution in [1.82, 2.24) is 0 Å². The molecule has 2 nitrogen and oxygen atoms in total. The lowest BCUT2D eigenvalue weighted by atomic mass is 9.82. The first kappa shape index (κ1) is 12.5. The Hall–Kier alpha value is -0.530. The summed E-state index contributed by atoms with van der Waals surface area (Å²) in [6.45, 7) is 6.50. The van der Waals surface area contributed by atoms with E-state index >= 15 is 0 Å². The van der Waals surface area contributed by atoms with E-state index in [-0.39, 0.29) is 5.41 Å². The Balaban J connectivity index is 3.59. The minimum absolute atomic E-state index is 0.202. The average Bonchev–Trinajstić information content (AvgIpc) is 2.02. The topological polar surface area (TPSA) is 37.3 Å². The second-order valence-electron chi connectivity index (χ2n) is 4.52. The van der Waals surface area contributed by atoms with Gasteiger partial charge in [0, 0.05) is 6.42 Å². The monoisotopic (exact) mass is 186 g/mol. The molecule has 78 valence electrons. The van der Waals surface area contributed by atoms with Crippen molar-refractivity contribution in [1.29, 1.82) is 0 Å². The Bertz CT molecular complexity index is 150. The lowest BCUT2D eigenvalue weighted by Gasteiger charge is -2.23. The largest absolute Gasteiger partial charge is 0.481 e. The zero-order chi connectivity index (χ0) is 10.3. The lowest BCUT2D eigenvalue weighted by molar-refractivity contribution is -0.137. The van der Waals surface area contributed by atoms with Gasteiger partial charge in [-0.3, -0.25) is 4.79 Å². The van der Waals surface area contributed by atoms with Crippen LogP contribution in [0.4, 0.5) is 0 Å². The van der Waals surface area contributed by atoms with Gasteiger partial charge in [0.05, 0.1) is 0 Å². The molecule has 0 atom stereocenters. The Labute approximate surface area is 81.3 Å². The molecule has 0 amide bonds. The number of aliphatic carboxylic acids is 1. The summed E-state index contributed by atoms with van der Waals surface area (Å²) in [7, 11) is 0. The summed E-state index contributed by atoms with van der Waals surface area (Å²) in [5.41, 5.74) is 0.202. The third-order valence-corrected chi connectivity index (χ3v) is 2.47. The molecule has 0 rings (SSSR count). The van der Waals surface area contributed by atoms with Crippen LogP contribution in [0.5, 0.6) is 0 Å². The maximum Gasteiger partial charge on any atom is 0.303 e. The van der Waals surface area contributed by atoms with Crippen molar-refractivity contribution in [2.45, 2.75) is 59.3 Å². The van der Waals surface area contributed by atoms with Crippen molar-refractivity contribution >= 4 is 5.97 Å². The van der Waals surface area contributed by atoms with Gasteiger partial charge in [-0.1, -0.05) is 40.0 Å². The quantitative estimate of drug-likeness (QED) is 0.618. The first-order valence-electron chi connectivity index (χ1n) is 5.20. The molecule has 0 aromatic rings. The molecule has 0 spiro atoms. The van der Waals surface area contributed by atoms with Crippen LogP contribution in [-0.4, -0.2) is 11.1 Å². The molecule has 0 aliphatic rings. The Kier molecular flexibility index (Phi) is 5.76. The summed E-state index contributed by atoms with van der Waals surface area (Å²) in [6.07, 6.45) is 5.97. The van der Waals surface area contributed by atoms with Gasteiger partial charge in [0.25, 0.3) is 0 Å². The van der Waals surface area contributed by atoms with E-state index in [2.05, 4.69) is 20.8 Å². The minimum atomic E-state index is -0.677. The van der Waals surface area contributed by atoms with Crippen LogP contribution in [0.2, 0.25) is 0 Å². The summed E-state index contributed by atoms with van der Waals surface area (Å²) in [5.74, 6) is -0.677.